The zero-order valence-electron chi connectivity index (χ0n) is 16.7. The molecule has 1 aromatic carbocycles. The number of fused-ring (bicyclic) bond motifs is 2. The highest BCUT2D eigenvalue weighted by Gasteiger charge is 2.47. The van der Waals surface area contributed by atoms with Crippen LogP contribution in [0.5, 0.6) is 0 Å². The lowest BCUT2D eigenvalue weighted by Gasteiger charge is -2.36. The summed E-state index contributed by atoms with van der Waals surface area (Å²) < 4.78 is 16.5. The van der Waals surface area contributed by atoms with Crippen molar-refractivity contribution < 1.29 is 23.8 Å². The lowest BCUT2D eigenvalue weighted by atomic mass is 9.88. The summed E-state index contributed by atoms with van der Waals surface area (Å²) in [6, 6.07) is 9.23. The molecule has 29 heavy (non-hydrogen) atoms. The Morgan fingerprint density at radius 3 is 2.59 bits per heavy atom. The Balaban J connectivity index is 1.48. The van der Waals surface area contributed by atoms with Crippen LogP contribution in [0.4, 0.5) is 0 Å². The van der Waals surface area contributed by atoms with Gasteiger partial charge in [0.05, 0.1) is 37.9 Å². The van der Waals surface area contributed by atoms with Gasteiger partial charge in [0.1, 0.15) is 6.10 Å². The highest BCUT2D eigenvalue weighted by molar-refractivity contribution is 5.90. The highest BCUT2D eigenvalue weighted by atomic mass is 16.5. The SMILES string of the molecule is NCCOCCOCCNC(=O)C1C2CCC(CC1OC(=O)c1ccccc1)N2. The Morgan fingerprint density at radius 1 is 1.07 bits per heavy atom. The van der Waals surface area contributed by atoms with Gasteiger partial charge in [-0.2, -0.15) is 0 Å². The summed E-state index contributed by atoms with van der Waals surface area (Å²) in [7, 11) is 0. The summed E-state index contributed by atoms with van der Waals surface area (Å²) in [5.41, 5.74) is 5.85. The first-order chi connectivity index (χ1) is 14.2. The largest absolute Gasteiger partial charge is 0.458 e. The Kier molecular flexibility index (Phi) is 8.42. The molecule has 0 spiro atoms. The van der Waals surface area contributed by atoms with E-state index in [4.69, 9.17) is 19.9 Å². The number of hydrogen-bond acceptors (Lipinski definition) is 7. The van der Waals surface area contributed by atoms with Crippen molar-refractivity contribution >= 4 is 11.9 Å². The van der Waals surface area contributed by atoms with Crippen LogP contribution in [0.3, 0.4) is 0 Å². The van der Waals surface area contributed by atoms with E-state index in [1.165, 1.54) is 0 Å². The van der Waals surface area contributed by atoms with E-state index in [1.54, 1.807) is 24.3 Å². The van der Waals surface area contributed by atoms with Crippen LogP contribution in [-0.2, 0) is 19.0 Å². The molecule has 1 aromatic rings. The molecule has 160 valence electrons. The zero-order valence-corrected chi connectivity index (χ0v) is 16.7. The molecule has 1 amide bonds. The van der Waals surface area contributed by atoms with Crippen LogP contribution in [0.25, 0.3) is 0 Å². The predicted molar refractivity (Wildman–Crippen MR) is 107 cm³/mol. The topological polar surface area (TPSA) is 112 Å². The van der Waals surface area contributed by atoms with E-state index in [1.807, 2.05) is 6.07 Å². The number of ether oxygens (including phenoxy) is 3. The van der Waals surface area contributed by atoms with Crippen molar-refractivity contribution in [1.29, 1.82) is 0 Å². The van der Waals surface area contributed by atoms with Gasteiger partial charge in [0.2, 0.25) is 5.91 Å². The molecule has 2 aliphatic heterocycles. The van der Waals surface area contributed by atoms with Crippen LogP contribution in [0.1, 0.15) is 29.6 Å². The fraction of sp³-hybridized carbons (Fsp3) is 0.619. The molecule has 0 aliphatic carbocycles. The summed E-state index contributed by atoms with van der Waals surface area (Å²) in [5.74, 6) is -0.874. The Bertz CT molecular complexity index is 657. The van der Waals surface area contributed by atoms with Crippen LogP contribution in [0.15, 0.2) is 30.3 Å². The summed E-state index contributed by atoms with van der Waals surface area (Å²) in [4.78, 5) is 25.4. The Hall–Kier alpha value is -2.00. The molecule has 2 fully saturated rings. The first-order valence-corrected chi connectivity index (χ1v) is 10.3. The van der Waals surface area contributed by atoms with Crippen LogP contribution in [0, 0.1) is 5.92 Å². The Labute approximate surface area is 171 Å². The van der Waals surface area contributed by atoms with Crippen LogP contribution in [0.2, 0.25) is 0 Å². The lowest BCUT2D eigenvalue weighted by molar-refractivity contribution is -0.131. The van der Waals surface area contributed by atoms with E-state index in [2.05, 4.69) is 10.6 Å². The smallest absolute Gasteiger partial charge is 0.338 e. The third-order valence-electron chi connectivity index (χ3n) is 5.38. The summed E-state index contributed by atoms with van der Waals surface area (Å²) in [5, 5.41) is 6.41. The quantitative estimate of drug-likeness (QED) is 0.362. The maximum Gasteiger partial charge on any atom is 0.338 e. The number of amides is 1. The lowest BCUT2D eigenvalue weighted by Crippen LogP contribution is -2.55. The van der Waals surface area contributed by atoms with E-state index in [0.29, 0.717) is 57.5 Å². The van der Waals surface area contributed by atoms with Gasteiger partial charge >= 0.3 is 5.97 Å². The van der Waals surface area contributed by atoms with E-state index in [0.717, 1.165) is 12.8 Å². The van der Waals surface area contributed by atoms with Gasteiger partial charge in [-0.25, -0.2) is 4.79 Å². The van der Waals surface area contributed by atoms with Gasteiger partial charge in [-0.15, -0.1) is 0 Å². The van der Waals surface area contributed by atoms with E-state index < -0.39 is 12.0 Å². The van der Waals surface area contributed by atoms with Crippen molar-refractivity contribution in [3.63, 3.8) is 0 Å². The molecular formula is C21H31N3O5. The molecule has 8 heteroatoms. The average molecular weight is 405 g/mol. The first-order valence-electron chi connectivity index (χ1n) is 10.3. The van der Waals surface area contributed by atoms with Crippen LogP contribution in [-0.4, -0.2) is 69.6 Å². The predicted octanol–water partition coefficient (Wildman–Crippen LogP) is 0.461. The van der Waals surface area contributed by atoms with Crippen molar-refractivity contribution in [2.75, 3.05) is 39.5 Å². The van der Waals surface area contributed by atoms with Crippen molar-refractivity contribution in [3.05, 3.63) is 35.9 Å². The van der Waals surface area contributed by atoms with Crippen molar-refractivity contribution in [1.82, 2.24) is 10.6 Å². The fourth-order valence-electron chi connectivity index (χ4n) is 4.03. The summed E-state index contributed by atoms with van der Waals surface area (Å²) in [6.45, 7) is 2.76. The van der Waals surface area contributed by atoms with Crippen molar-refractivity contribution in [2.45, 2.75) is 37.5 Å². The number of piperidine rings is 1. The highest BCUT2D eigenvalue weighted by Crippen LogP contribution is 2.34. The normalized spacial score (nSPS) is 25.6. The number of carbonyl (C=O) groups is 2. The third kappa shape index (κ3) is 6.24. The van der Waals surface area contributed by atoms with Gasteiger partial charge in [0, 0.05) is 31.6 Å². The van der Waals surface area contributed by atoms with Gasteiger partial charge in [0.15, 0.2) is 0 Å². The van der Waals surface area contributed by atoms with E-state index in [-0.39, 0.29) is 17.9 Å². The maximum atomic E-state index is 12.9. The molecule has 4 atom stereocenters. The van der Waals surface area contributed by atoms with Crippen LogP contribution < -0.4 is 16.4 Å². The Morgan fingerprint density at radius 2 is 1.83 bits per heavy atom. The second kappa shape index (κ2) is 11.3. The molecule has 2 aliphatic rings. The molecule has 2 heterocycles. The number of nitrogens with one attached hydrogen (secondary N) is 2. The van der Waals surface area contributed by atoms with Crippen molar-refractivity contribution in [2.24, 2.45) is 11.7 Å². The molecule has 3 rings (SSSR count). The monoisotopic (exact) mass is 405 g/mol. The van der Waals surface area contributed by atoms with Gasteiger partial charge in [-0.05, 0) is 25.0 Å². The maximum absolute atomic E-state index is 12.9. The first kappa shape index (κ1) is 21.7. The molecular weight excluding hydrogens is 374 g/mol. The molecule has 2 saturated heterocycles. The number of carbonyl (C=O) groups excluding carboxylic acids is 2. The molecule has 0 aromatic heterocycles. The average Bonchev–Trinajstić information content (AvgIpc) is 3.11. The number of benzene rings is 1. The van der Waals surface area contributed by atoms with Gasteiger partial charge < -0.3 is 30.6 Å². The fourth-order valence-corrected chi connectivity index (χ4v) is 4.03. The number of rotatable bonds is 11. The standard InChI is InChI=1S/C21H31N3O5/c22-8-10-27-12-13-28-11-9-23-20(25)19-17-7-6-16(24-17)14-18(19)29-21(26)15-4-2-1-3-5-15/h1-5,16-19,24H,6-14,22H2,(H,23,25). The van der Waals surface area contributed by atoms with Crippen LogP contribution >= 0.6 is 0 Å². The summed E-state index contributed by atoms with van der Waals surface area (Å²) >= 11 is 0. The third-order valence-corrected chi connectivity index (χ3v) is 5.38. The van der Waals surface area contributed by atoms with Crippen molar-refractivity contribution in [3.8, 4) is 0 Å². The molecule has 4 unspecified atom stereocenters. The molecule has 0 radical (unpaired) electrons. The van der Waals surface area contributed by atoms with E-state index in [9.17, 15) is 9.59 Å². The summed E-state index contributed by atoms with van der Waals surface area (Å²) in [6.07, 6.45) is 2.14. The number of hydrogen-bond donors (Lipinski definition) is 3. The molecule has 0 saturated carbocycles. The molecule has 4 N–H and O–H groups in total. The van der Waals surface area contributed by atoms with Gasteiger partial charge in [-0.3, -0.25) is 4.79 Å². The second-order valence-corrected chi connectivity index (χ2v) is 7.42. The minimum absolute atomic E-state index is 0.0351. The number of nitrogens with two attached hydrogens (primary N) is 1. The number of esters is 1. The molecule has 8 nitrogen and oxygen atoms in total. The second-order valence-electron chi connectivity index (χ2n) is 7.42. The minimum atomic E-state index is -0.424. The van der Waals surface area contributed by atoms with Gasteiger partial charge in [0.25, 0.3) is 0 Å². The minimum Gasteiger partial charge on any atom is -0.458 e. The van der Waals surface area contributed by atoms with E-state index >= 15 is 0 Å². The zero-order chi connectivity index (χ0) is 20.5. The van der Waals surface area contributed by atoms with Gasteiger partial charge in [-0.1, -0.05) is 18.2 Å². The molecule has 2 bridgehead atoms.